The molecule has 3 rings (SSSR count). The molecule has 1 heterocycles. The number of benzene rings is 2. The normalized spacial score (nSPS) is 18.0. The predicted molar refractivity (Wildman–Crippen MR) is 108 cm³/mol. The van der Waals surface area contributed by atoms with Crippen LogP contribution in [-0.2, 0) is 14.8 Å². The molecule has 1 N–H and O–H groups in total. The lowest BCUT2D eigenvalue weighted by Crippen LogP contribution is -2.43. The summed E-state index contributed by atoms with van der Waals surface area (Å²) >= 11 is 5.86. The van der Waals surface area contributed by atoms with Crippen LogP contribution in [0.5, 0.6) is 0 Å². The average Bonchev–Trinajstić information content (AvgIpc) is 3.13. The van der Waals surface area contributed by atoms with Gasteiger partial charge in [0.2, 0.25) is 15.9 Å². The van der Waals surface area contributed by atoms with Crippen molar-refractivity contribution in [1.82, 2.24) is 4.31 Å². The van der Waals surface area contributed by atoms with Crippen molar-refractivity contribution in [2.75, 3.05) is 11.9 Å². The first kappa shape index (κ1) is 19.9. The molecule has 2 aromatic rings. The molecule has 5 nitrogen and oxygen atoms in total. The summed E-state index contributed by atoms with van der Waals surface area (Å²) < 4.78 is 27.3. The van der Waals surface area contributed by atoms with Gasteiger partial charge in [0.05, 0.1) is 4.90 Å². The largest absolute Gasteiger partial charge is 0.324 e. The molecule has 1 saturated heterocycles. The van der Waals surface area contributed by atoms with Gasteiger partial charge in [-0.3, -0.25) is 4.79 Å². The number of sulfonamides is 1. The smallest absolute Gasteiger partial charge is 0.243 e. The number of carbonyl (C=O) groups excluding carboxylic acids is 1. The van der Waals surface area contributed by atoms with E-state index in [1.165, 1.54) is 16.4 Å². The topological polar surface area (TPSA) is 66.5 Å². The number of halogens is 1. The maximum atomic E-state index is 13.0. The molecule has 0 spiro atoms. The third-order valence-electron chi connectivity index (χ3n) is 4.77. The molecule has 1 aliphatic heterocycles. The molecule has 1 amide bonds. The van der Waals surface area contributed by atoms with Crippen LogP contribution in [-0.4, -0.2) is 31.2 Å². The van der Waals surface area contributed by atoms with E-state index in [4.69, 9.17) is 11.6 Å². The Bertz CT molecular complexity index is 926. The van der Waals surface area contributed by atoms with Gasteiger partial charge >= 0.3 is 0 Å². The number of carbonyl (C=O) groups is 1. The number of para-hydroxylation sites is 1. The fourth-order valence-electron chi connectivity index (χ4n) is 3.36. The van der Waals surface area contributed by atoms with Gasteiger partial charge in [-0.15, -0.1) is 0 Å². The Labute approximate surface area is 165 Å². The van der Waals surface area contributed by atoms with Crippen LogP contribution in [0.1, 0.15) is 38.2 Å². The molecular formula is C20H23ClN2O3S. The highest BCUT2D eigenvalue weighted by Gasteiger charge is 2.39. The molecule has 2 aromatic carbocycles. The summed E-state index contributed by atoms with van der Waals surface area (Å²) in [5.74, 6) is -0.0443. The van der Waals surface area contributed by atoms with Gasteiger partial charge in [-0.2, -0.15) is 4.31 Å². The van der Waals surface area contributed by atoms with Crippen molar-refractivity contribution >= 4 is 33.2 Å². The number of rotatable bonds is 5. The molecule has 1 aliphatic rings. The lowest BCUT2D eigenvalue weighted by molar-refractivity contribution is -0.119. The fraction of sp³-hybridized carbons (Fsp3) is 0.350. The number of hydrogen-bond acceptors (Lipinski definition) is 3. The predicted octanol–water partition coefficient (Wildman–Crippen LogP) is 4.26. The van der Waals surface area contributed by atoms with E-state index in [0.717, 1.165) is 11.3 Å². The van der Waals surface area contributed by atoms with E-state index in [1.54, 1.807) is 12.1 Å². The van der Waals surface area contributed by atoms with Crippen LogP contribution >= 0.6 is 11.6 Å². The second-order valence-electron chi connectivity index (χ2n) is 6.96. The number of nitrogens with one attached hydrogen (secondary N) is 1. The van der Waals surface area contributed by atoms with E-state index in [1.807, 2.05) is 24.3 Å². The van der Waals surface area contributed by atoms with Gasteiger partial charge < -0.3 is 5.32 Å². The highest BCUT2D eigenvalue weighted by molar-refractivity contribution is 7.89. The first-order valence-electron chi connectivity index (χ1n) is 8.98. The summed E-state index contributed by atoms with van der Waals surface area (Å²) in [6.45, 7) is 4.44. The third kappa shape index (κ3) is 4.18. The van der Waals surface area contributed by atoms with Crippen molar-refractivity contribution in [2.24, 2.45) is 0 Å². The Morgan fingerprint density at radius 1 is 1.15 bits per heavy atom. The summed E-state index contributed by atoms with van der Waals surface area (Å²) in [4.78, 5) is 13.0. The van der Waals surface area contributed by atoms with Crippen LogP contribution in [0.4, 0.5) is 5.69 Å². The summed E-state index contributed by atoms with van der Waals surface area (Å²) in [5, 5.41) is 3.40. The minimum atomic E-state index is -3.75. The van der Waals surface area contributed by atoms with Crippen LogP contribution in [0.3, 0.4) is 0 Å². The first-order valence-corrected chi connectivity index (χ1v) is 10.8. The highest BCUT2D eigenvalue weighted by Crippen LogP contribution is 2.29. The first-order chi connectivity index (χ1) is 12.8. The van der Waals surface area contributed by atoms with E-state index in [9.17, 15) is 13.2 Å². The molecule has 27 heavy (non-hydrogen) atoms. The molecule has 7 heteroatoms. The zero-order valence-corrected chi connectivity index (χ0v) is 16.9. The van der Waals surface area contributed by atoms with Gasteiger partial charge in [0.15, 0.2) is 0 Å². The van der Waals surface area contributed by atoms with E-state index in [2.05, 4.69) is 19.2 Å². The standard InChI is InChI=1S/C20H23ClN2O3S/c1-14(2)17-6-3-4-7-18(17)22-20(24)19-8-5-13-23(19)27(25,26)16-11-9-15(21)10-12-16/h3-4,6-7,9-12,14,19H,5,8,13H2,1-2H3,(H,22,24)/t19-/m0/s1. The van der Waals surface area contributed by atoms with Crippen molar-refractivity contribution in [1.29, 1.82) is 0 Å². The zero-order valence-electron chi connectivity index (χ0n) is 15.4. The summed E-state index contributed by atoms with van der Waals surface area (Å²) in [6, 6.07) is 12.9. The molecule has 0 aromatic heterocycles. The Balaban J connectivity index is 1.84. The highest BCUT2D eigenvalue weighted by atomic mass is 35.5. The SMILES string of the molecule is CC(C)c1ccccc1NC(=O)[C@@H]1CCCN1S(=O)(=O)c1ccc(Cl)cc1. The van der Waals surface area contributed by atoms with Crippen LogP contribution in [0.25, 0.3) is 0 Å². The average molecular weight is 407 g/mol. The number of anilines is 1. The van der Waals surface area contributed by atoms with Crippen molar-refractivity contribution in [3.63, 3.8) is 0 Å². The van der Waals surface area contributed by atoms with E-state index >= 15 is 0 Å². The number of hydrogen-bond donors (Lipinski definition) is 1. The molecule has 1 atom stereocenters. The van der Waals surface area contributed by atoms with Crippen molar-refractivity contribution in [3.8, 4) is 0 Å². The van der Waals surface area contributed by atoms with Gasteiger partial charge in [-0.05, 0) is 54.7 Å². The second kappa shape index (κ2) is 8.00. The van der Waals surface area contributed by atoms with Gasteiger partial charge in [0.25, 0.3) is 0 Å². The lowest BCUT2D eigenvalue weighted by Gasteiger charge is -2.24. The quantitative estimate of drug-likeness (QED) is 0.806. The fourth-order valence-corrected chi connectivity index (χ4v) is 5.14. The van der Waals surface area contributed by atoms with Crippen molar-refractivity contribution in [3.05, 3.63) is 59.1 Å². The molecule has 0 radical (unpaired) electrons. The molecule has 0 saturated carbocycles. The van der Waals surface area contributed by atoms with Crippen molar-refractivity contribution < 1.29 is 13.2 Å². The summed E-state index contributed by atoms with van der Waals surface area (Å²) in [6.07, 6.45) is 1.15. The minimum Gasteiger partial charge on any atom is -0.324 e. The third-order valence-corrected chi connectivity index (χ3v) is 6.94. The summed E-state index contributed by atoms with van der Waals surface area (Å²) in [7, 11) is -3.75. The molecule has 0 aliphatic carbocycles. The Morgan fingerprint density at radius 2 is 1.81 bits per heavy atom. The number of nitrogens with zero attached hydrogens (tertiary/aromatic N) is 1. The van der Waals surface area contributed by atoms with E-state index < -0.39 is 16.1 Å². The second-order valence-corrected chi connectivity index (χ2v) is 9.29. The van der Waals surface area contributed by atoms with Crippen LogP contribution < -0.4 is 5.32 Å². The van der Waals surface area contributed by atoms with Crippen LogP contribution in [0.15, 0.2) is 53.4 Å². The van der Waals surface area contributed by atoms with Gasteiger partial charge in [-0.1, -0.05) is 43.6 Å². The Morgan fingerprint density at radius 3 is 2.48 bits per heavy atom. The van der Waals surface area contributed by atoms with Gasteiger partial charge in [0, 0.05) is 17.3 Å². The lowest BCUT2D eigenvalue weighted by atomic mass is 10.0. The van der Waals surface area contributed by atoms with Gasteiger partial charge in [-0.25, -0.2) is 8.42 Å². The zero-order chi connectivity index (χ0) is 19.6. The molecule has 144 valence electrons. The molecule has 0 unspecified atom stereocenters. The van der Waals surface area contributed by atoms with Crippen molar-refractivity contribution in [2.45, 2.75) is 43.5 Å². The Kier molecular flexibility index (Phi) is 5.89. The van der Waals surface area contributed by atoms with Crippen LogP contribution in [0.2, 0.25) is 5.02 Å². The molecule has 0 bridgehead atoms. The maximum Gasteiger partial charge on any atom is 0.243 e. The summed E-state index contributed by atoms with van der Waals surface area (Å²) in [5.41, 5.74) is 1.75. The minimum absolute atomic E-state index is 0.147. The Hall–Kier alpha value is -1.89. The monoisotopic (exact) mass is 406 g/mol. The van der Waals surface area contributed by atoms with E-state index in [-0.39, 0.29) is 16.7 Å². The van der Waals surface area contributed by atoms with E-state index in [0.29, 0.717) is 24.4 Å². The number of amides is 1. The molecule has 1 fully saturated rings. The maximum absolute atomic E-state index is 13.0. The van der Waals surface area contributed by atoms with Gasteiger partial charge in [0.1, 0.15) is 6.04 Å². The molecular weight excluding hydrogens is 384 g/mol. The van der Waals surface area contributed by atoms with Crippen LogP contribution in [0, 0.1) is 0 Å².